The van der Waals surface area contributed by atoms with Gasteiger partial charge < -0.3 is 4.74 Å². The SMILES string of the molecule is C1CCC(C2CCCOC2)SC1. The average molecular weight is 186 g/mol. The molecule has 0 bridgehead atoms. The van der Waals surface area contributed by atoms with E-state index in [1.807, 2.05) is 0 Å². The number of hydrogen-bond acceptors (Lipinski definition) is 2. The summed E-state index contributed by atoms with van der Waals surface area (Å²) in [6.07, 6.45) is 7.04. The Kier molecular flexibility index (Phi) is 3.35. The van der Waals surface area contributed by atoms with Gasteiger partial charge in [0.15, 0.2) is 0 Å². The third-order valence-corrected chi connectivity index (χ3v) is 4.51. The Morgan fingerprint density at radius 2 is 2.08 bits per heavy atom. The monoisotopic (exact) mass is 186 g/mol. The van der Waals surface area contributed by atoms with Crippen LogP contribution in [0.15, 0.2) is 0 Å². The lowest BCUT2D eigenvalue weighted by atomic mass is 9.95. The van der Waals surface area contributed by atoms with Crippen molar-refractivity contribution in [2.75, 3.05) is 19.0 Å². The highest BCUT2D eigenvalue weighted by atomic mass is 32.2. The molecule has 0 N–H and O–H groups in total. The Morgan fingerprint density at radius 1 is 1.08 bits per heavy atom. The molecule has 2 heterocycles. The topological polar surface area (TPSA) is 9.23 Å². The Morgan fingerprint density at radius 3 is 2.75 bits per heavy atom. The molecule has 1 nitrogen and oxygen atoms in total. The molecule has 0 radical (unpaired) electrons. The summed E-state index contributed by atoms with van der Waals surface area (Å²) < 4.78 is 5.52. The van der Waals surface area contributed by atoms with Crippen molar-refractivity contribution >= 4 is 11.8 Å². The summed E-state index contributed by atoms with van der Waals surface area (Å²) in [7, 11) is 0. The van der Waals surface area contributed by atoms with E-state index in [1.54, 1.807) is 0 Å². The van der Waals surface area contributed by atoms with Crippen molar-refractivity contribution in [2.24, 2.45) is 5.92 Å². The predicted octanol–water partition coefficient (Wildman–Crippen LogP) is 2.70. The molecule has 0 spiro atoms. The quantitative estimate of drug-likeness (QED) is 0.622. The van der Waals surface area contributed by atoms with Gasteiger partial charge >= 0.3 is 0 Å². The normalized spacial score (nSPS) is 38.0. The molecule has 2 rings (SSSR count). The zero-order valence-electron chi connectivity index (χ0n) is 7.63. The maximum Gasteiger partial charge on any atom is 0.0504 e. The standard InChI is InChI=1S/C10H18OS/c1-2-7-12-10(5-1)9-4-3-6-11-8-9/h9-10H,1-8H2. The minimum atomic E-state index is 0.879. The third-order valence-electron chi connectivity index (χ3n) is 2.94. The molecule has 0 saturated carbocycles. The van der Waals surface area contributed by atoms with Crippen LogP contribution < -0.4 is 0 Å². The lowest BCUT2D eigenvalue weighted by molar-refractivity contribution is 0.0527. The lowest BCUT2D eigenvalue weighted by Crippen LogP contribution is -2.28. The minimum absolute atomic E-state index is 0.879. The zero-order chi connectivity index (χ0) is 8.23. The molecule has 2 fully saturated rings. The number of thioether (sulfide) groups is 1. The van der Waals surface area contributed by atoms with E-state index in [0.717, 1.165) is 24.4 Å². The highest BCUT2D eigenvalue weighted by Crippen LogP contribution is 2.34. The zero-order valence-corrected chi connectivity index (χ0v) is 8.44. The molecule has 2 aliphatic rings. The summed E-state index contributed by atoms with van der Waals surface area (Å²) in [6, 6.07) is 0. The molecule has 12 heavy (non-hydrogen) atoms. The molecule has 0 aromatic rings. The van der Waals surface area contributed by atoms with E-state index in [2.05, 4.69) is 11.8 Å². The smallest absolute Gasteiger partial charge is 0.0504 e. The Hall–Kier alpha value is 0.310. The van der Waals surface area contributed by atoms with E-state index in [9.17, 15) is 0 Å². The fourth-order valence-electron chi connectivity index (χ4n) is 2.20. The molecular weight excluding hydrogens is 168 g/mol. The Balaban J connectivity index is 1.80. The summed E-state index contributed by atoms with van der Waals surface area (Å²) >= 11 is 2.19. The van der Waals surface area contributed by atoms with Crippen LogP contribution in [0.1, 0.15) is 32.1 Å². The largest absolute Gasteiger partial charge is 0.381 e. The van der Waals surface area contributed by atoms with Crippen molar-refractivity contribution in [1.29, 1.82) is 0 Å². The molecule has 0 aromatic heterocycles. The van der Waals surface area contributed by atoms with Crippen LogP contribution >= 0.6 is 11.8 Å². The molecule has 70 valence electrons. The van der Waals surface area contributed by atoms with E-state index >= 15 is 0 Å². The van der Waals surface area contributed by atoms with Gasteiger partial charge in [-0.2, -0.15) is 11.8 Å². The first-order chi connectivity index (χ1) is 5.97. The van der Waals surface area contributed by atoms with E-state index < -0.39 is 0 Å². The van der Waals surface area contributed by atoms with Crippen LogP contribution in [0.2, 0.25) is 0 Å². The van der Waals surface area contributed by atoms with Crippen molar-refractivity contribution in [3.05, 3.63) is 0 Å². The van der Waals surface area contributed by atoms with Gasteiger partial charge in [0.2, 0.25) is 0 Å². The fourth-order valence-corrected chi connectivity index (χ4v) is 3.69. The molecule has 2 atom stereocenters. The van der Waals surface area contributed by atoms with E-state index in [-0.39, 0.29) is 0 Å². The third kappa shape index (κ3) is 2.17. The van der Waals surface area contributed by atoms with Crippen LogP contribution in [0, 0.1) is 5.92 Å². The van der Waals surface area contributed by atoms with Crippen LogP contribution in [-0.4, -0.2) is 24.2 Å². The molecule has 2 saturated heterocycles. The van der Waals surface area contributed by atoms with Crippen LogP contribution in [-0.2, 0) is 4.74 Å². The van der Waals surface area contributed by atoms with E-state index in [0.29, 0.717) is 0 Å². The van der Waals surface area contributed by atoms with Gasteiger partial charge in [0.25, 0.3) is 0 Å². The number of rotatable bonds is 1. The first kappa shape index (κ1) is 8.89. The van der Waals surface area contributed by atoms with Crippen molar-refractivity contribution in [3.63, 3.8) is 0 Å². The molecule has 2 aliphatic heterocycles. The molecular formula is C10H18OS. The molecule has 2 unspecified atom stereocenters. The second-order valence-electron chi connectivity index (χ2n) is 3.88. The fraction of sp³-hybridized carbons (Fsp3) is 1.00. The maximum atomic E-state index is 5.52. The Bertz CT molecular complexity index is 110. The molecule has 0 aliphatic carbocycles. The van der Waals surface area contributed by atoms with Crippen LogP contribution in [0.3, 0.4) is 0 Å². The van der Waals surface area contributed by atoms with E-state index in [1.165, 1.54) is 37.9 Å². The lowest BCUT2D eigenvalue weighted by Gasteiger charge is -2.32. The maximum absolute atomic E-state index is 5.52. The van der Waals surface area contributed by atoms with Crippen LogP contribution in [0.25, 0.3) is 0 Å². The minimum Gasteiger partial charge on any atom is -0.381 e. The summed E-state index contributed by atoms with van der Waals surface area (Å²) in [6.45, 7) is 2.05. The van der Waals surface area contributed by atoms with Gasteiger partial charge in [0, 0.05) is 11.9 Å². The van der Waals surface area contributed by atoms with Crippen molar-refractivity contribution in [3.8, 4) is 0 Å². The summed E-state index contributed by atoms with van der Waals surface area (Å²) in [5.41, 5.74) is 0. The van der Waals surface area contributed by atoms with Gasteiger partial charge in [-0.05, 0) is 37.4 Å². The highest BCUT2D eigenvalue weighted by molar-refractivity contribution is 7.99. The highest BCUT2D eigenvalue weighted by Gasteiger charge is 2.25. The second kappa shape index (κ2) is 4.52. The summed E-state index contributed by atoms with van der Waals surface area (Å²) in [5, 5.41) is 0.930. The number of ether oxygens (including phenoxy) is 1. The molecule has 0 amide bonds. The van der Waals surface area contributed by atoms with Crippen LogP contribution in [0.4, 0.5) is 0 Å². The van der Waals surface area contributed by atoms with Gasteiger partial charge in [0.1, 0.15) is 0 Å². The van der Waals surface area contributed by atoms with Crippen molar-refractivity contribution < 1.29 is 4.74 Å². The summed E-state index contributed by atoms with van der Waals surface area (Å²) in [4.78, 5) is 0. The van der Waals surface area contributed by atoms with Crippen LogP contribution in [0.5, 0.6) is 0 Å². The van der Waals surface area contributed by atoms with E-state index in [4.69, 9.17) is 4.74 Å². The molecule has 0 aromatic carbocycles. The first-order valence-electron chi connectivity index (χ1n) is 5.16. The summed E-state index contributed by atoms with van der Waals surface area (Å²) in [5.74, 6) is 2.27. The molecule has 2 heteroatoms. The van der Waals surface area contributed by atoms with Gasteiger partial charge in [-0.3, -0.25) is 0 Å². The number of hydrogen-bond donors (Lipinski definition) is 0. The second-order valence-corrected chi connectivity index (χ2v) is 5.23. The van der Waals surface area contributed by atoms with Gasteiger partial charge in [-0.15, -0.1) is 0 Å². The van der Waals surface area contributed by atoms with Gasteiger partial charge in [-0.1, -0.05) is 6.42 Å². The van der Waals surface area contributed by atoms with Crippen molar-refractivity contribution in [1.82, 2.24) is 0 Å². The van der Waals surface area contributed by atoms with Gasteiger partial charge in [-0.25, -0.2) is 0 Å². The van der Waals surface area contributed by atoms with Gasteiger partial charge in [0.05, 0.1) is 6.61 Å². The first-order valence-corrected chi connectivity index (χ1v) is 6.21. The van der Waals surface area contributed by atoms with Crippen molar-refractivity contribution in [2.45, 2.75) is 37.4 Å². The Labute approximate surface area is 79.2 Å². The predicted molar refractivity (Wildman–Crippen MR) is 53.6 cm³/mol. The average Bonchev–Trinajstić information content (AvgIpc) is 2.21.